The van der Waals surface area contributed by atoms with Crippen LogP contribution in [0.3, 0.4) is 0 Å². The van der Waals surface area contributed by atoms with Gasteiger partial charge in [0.2, 0.25) is 5.91 Å². The van der Waals surface area contributed by atoms with E-state index < -0.39 is 5.41 Å². The number of hydrogen-bond acceptors (Lipinski definition) is 5. The predicted molar refractivity (Wildman–Crippen MR) is 109 cm³/mol. The molecule has 4 rings (SSSR count). The molecule has 1 amide bonds. The first-order valence-corrected chi connectivity index (χ1v) is 10.1. The summed E-state index contributed by atoms with van der Waals surface area (Å²) in [6.45, 7) is 4.41. The van der Waals surface area contributed by atoms with Gasteiger partial charge in [-0.3, -0.25) is 4.79 Å². The Morgan fingerprint density at radius 1 is 1.18 bits per heavy atom. The first-order valence-electron chi connectivity index (χ1n) is 10.1. The van der Waals surface area contributed by atoms with Crippen LogP contribution >= 0.6 is 0 Å². The zero-order chi connectivity index (χ0) is 19.6. The third-order valence-corrected chi connectivity index (χ3v) is 5.78. The summed E-state index contributed by atoms with van der Waals surface area (Å²) in [7, 11) is 1.65. The van der Waals surface area contributed by atoms with Gasteiger partial charge in [-0.05, 0) is 45.1 Å². The van der Waals surface area contributed by atoms with Crippen molar-refractivity contribution in [3.63, 3.8) is 0 Å². The molecule has 0 spiro atoms. The van der Waals surface area contributed by atoms with Crippen LogP contribution in [0.1, 0.15) is 49.2 Å². The molecule has 1 aromatic heterocycles. The minimum atomic E-state index is -0.480. The summed E-state index contributed by atoms with van der Waals surface area (Å²) in [5.41, 5.74) is 1.42. The van der Waals surface area contributed by atoms with Crippen molar-refractivity contribution in [1.29, 1.82) is 0 Å². The number of rotatable bonds is 6. The van der Waals surface area contributed by atoms with E-state index in [4.69, 9.17) is 9.72 Å². The second-order valence-corrected chi connectivity index (χ2v) is 7.80. The molecule has 2 fully saturated rings. The highest BCUT2D eigenvalue weighted by atomic mass is 16.5. The molecule has 1 saturated carbocycles. The molecule has 6 heteroatoms. The summed E-state index contributed by atoms with van der Waals surface area (Å²) in [5.74, 6) is 2.45. The molecule has 2 heterocycles. The van der Waals surface area contributed by atoms with Crippen molar-refractivity contribution < 1.29 is 9.53 Å². The lowest BCUT2D eigenvalue weighted by Crippen LogP contribution is -2.35. The number of aryl methyl sites for hydroxylation is 1. The number of amides is 1. The van der Waals surface area contributed by atoms with E-state index in [-0.39, 0.29) is 5.91 Å². The van der Waals surface area contributed by atoms with Crippen LogP contribution in [0.4, 0.5) is 5.82 Å². The molecule has 1 N–H and O–H groups in total. The van der Waals surface area contributed by atoms with Gasteiger partial charge in [0.1, 0.15) is 17.4 Å². The molecule has 0 radical (unpaired) electrons. The number of benzene rings is 1. The summed E-state index contributed by atoms with van der Waals surface area (Å²) in [4.78, 5) is 24.6. The molecule has 1 aromatic carbocycles. The van der Waals surface area contributed by atoms with E-state index in [2.05, 4.69) is 15.2 Å². The lowest BCUT2D eigenvalue weighted by Gasteiger charge is -2.28. The van der Waals surface area contributed by atoms with Crippen molar-refractivity contribution in [2.24, 2.45) is 0 Å². The van der Waals surface area contributed by atoms with Crippen LogP contribution in [0.5, 0.6) is 5.75 Å². The van der Waals surface area contributed by atoms with Gasteiger partial charge in [-0.2, -0.15) is 0 Å². The van der Waals surface area contributed by atoms with Crippen molar-refractivity contribution in [1.82, 2.24) is 15.3 Å². The van der Waals surface area contributed by atoms with E-state index in [0.29, 0.717) is 12.4 Å². The van der Waals surface area contributed by atoms with Crippen molar-refractivity contribution >= 4 is 11.7 Å². The first-order chi connectivity index (χ1) is 13.6. The summed E-state index contributed by atoms with van der Waals surface area (Å²) in [6, 6.07) is 9.83. The number of ether oxygens (including phenoxy) is 1. The Labute approximate surface area is 166 Å². The summed E-state index contributed by atoms with van der Waals surface area (Å²) < 4.78 is 5.47. The minimum absolute atomic E-state index is 0.0293. The normalized spacial score (nSPS) is 17.9. The molecule has 1 saturated heterocycles. The SMILES string of the molecule is COc1ccccc1C1(C(=O)NCc2nc(C)cc(N3CCCCC3)n2)CC1. The van der Waals surface area contributed by atoms with E-state index in [1.165, 1.54) is 19.3 Å². The highest BCUT2D eigenvalue weighted by Crippen LogP contribution is 2.51. The number of nitrogens with zero attached hydrogens (tertiary/aromatic N) is 3. The predicted octanol–water partition coefficient (Wildman–Crippen LogP) is 3.13. The number of carbonyl (C=O) groups excluding carboxylic acids is 1. The lowest BCUT2D eigenvalue weighted by molar-refractivity contribution is -0.123. The molecular weight excluding hydrogens is 352 g/mol. The van der Waals surface area contributed by atoms with Crippen molar-refractivity contribution in [2.45, 2.75) is 51.0 Å². The monoisotopic (exact) mass is 380 g/mol. The Balaban J connectivity index is 1.47. The smallest absolute Gasteiger partial charge is 0.231 e. The largest absolute Gasteiger partial charge is 0.496 e. The van der Waals surface area contributed by atoms with E-state index in [9.17, 15) is 4.79 Å². The van der Waals surface area contributed by atoms with Gasteiger partial charge in [-0.15, -0.1) is 0 Å². The maximum atomic E-state index is 13.0. The summed E-state index contributed by atoms with van der Waals surface area (Å²) in [5, 5.41) is 3.07. The van der Waals surface area contributed by atoms with Crippen LogP contribution in [0, 0.1) is 6.92 Å². The van der Waals surface area contributed by atoms with Crippen LogP contribution in [0.15, 0.2) is 30.3 Å². The van der Waals surface area contributed by atoms with Gasteiger partial charge in [0.05, 0.1) is 19.1 Å². The Morgan fingerprint density at radius 2 is 1.93 bits per heavy atom. The zero-order valence-corrected chi connectivity index (χ0v) is 16.7. The standard InChI is InChI=1S/C22H28N4O2/c1-16-14-20(26-12-6-3-7-13-26)25-19(24-16)15-23-21(27)22(10-11-22)17-8-4-5-9-18(17)28-2/h4-5,8-9,14H,3,6-7,10-13,15H2,1-2H3,(H,23,27). The van der Waals surface area contributed by atoms with Gasteiger partial charge < -0.3 is 15.0 Å². The summed E-state index contributed by atoms with van der Waals surface area (Å²) in [6.07, 6.45) is 5.38. The lowest BCUT2D eigenvalue weighted by atomic mass is 9.94. The highest BCUT2D eigenvalue weighted by Gasteiger charge is 2.52. The maximum absolute atomic E-state index is 13.0. The minimum Gasteiger partial charge on any atom is -0.496 e. The number of para-hydroxylation sites is 1. The quantitative estimate of drug-likeness (QED) is 0.834. The molecule has 2 aliphatic rings. The van der Waals surface area contributed by atoms with Gasteiger partial charge in [0, 0.05) is 30.4 Å². The molecule has 2 aromatic rings. The number of hydrogen-bond donors (Lipinski definition) is 1. The Bertz CT molecular complexity index is 857. The number of methoxy groups -OCH3 is 1. The molecule has 1 aliphatic carbocycles. The van der Waals surface area contributed by atoms with Gasteiger partial charge in [0.25, 0.3) is 0 Å². The van der Waals surface area contributed by atoms with Crippen molar-refractivity contribution in [3.05, 3.63) is 47.4 Å². The number of anilines is 1. The third kappa shape index (κ3) is 3.68. The number of nitrogens with one attached hydrogen (secondary N) is 1. The molecule has 1 aliphatic heterocycles. The second-order valence-electron chi connectivity index (χ2n) is 7.80. The van der Waals surface area contributed by atoms with Crippen molar-refractivity contribution in [3.8, 4) is 5.75 Å². The summed E-state index contributed by atoms with van der Waals surface area (Å²) >= 11 is 0. The average Bonchev–Trinajstić information content (AvgIpc) is 3.54. The van der Waals surface area contributed by atoms with Crippen LogP contribution in [-0.2, 0) is 16.8 Å². The molecule has 0 unspecified atom stereocenters. The van der Waals surface area contributed by atoms with Crippen molar-refractivity contribution in [2.75, 3.05) is 25.1 Å². The topological polar surface area (TPSA) is 67.3 Å². The average molecular weight is 380 g/mol. The fourth-order valence-electron chi connectivity index (χ4n) is 4.09. The fourth-order valence-corrected chi connectivity index (χ4v) is 4.09. The van der Waals surface area contributed by atoms with E-state index in [0.717, 1.165) is 48.8 Å². The van der Waals surface area contributed by atoms with E-state index >= 15 is 0 Å². The molecule has 6 nitrogen and oxygen atoms in total. The van der Waals surface area contributed by atoms with Gasteiger partial charge in [0.15, 0.2) is 0 Å². The number of piperidine rings is 1. The first kappa shape index (κ1) is 18.7. The zero-order valence-electron chi connectivity index (χ0n) is 16.7. The van der Waals surface area contributed by atoms with Gasteiger partial charge in [-0.1, -0.05) is 18.2 Å². The fraction of sp³-hybridized carbons (Fsp3) is 0.500. The Hall–Kier alpha value is -2.63. The Kier molecular flexibility index (Phi) is 5.20. The molecule has 28 heavy (non-hydrogen) atoms. The molecule has 0 atom stereocenters. The third-order valence-electron chi connectivity index (χ3n) is 5.78. The van der Waals surface area contributed by atoms with Crippen LogP contribution in [-0.4, -0.2) is 36.1 Å². The second kappa shape index (κ2) is 7.78. The molecular formula is C22H28N4O2. The molecule has 0 bridgehead atoms. The van der Waals surface area contributed by atoms with E-state index in [1.807, 2.05) is 37.3 Å². The van der Waals surface area contributed by atoms with Crippen LogP contribution in [0.25, 0.3) is 0 Å². The number of carbonyl (C=O) groups is 1. The van der Waals surface area contributed by atoms with Gasteiger partial charge >= 0.3 is 0 Å². The highest BCUT2D eigenvalue weighted by molar-refractivity contribution is 5.92. The van der Waals surface area contributed by atoms with E-state index in [1.54, 1.807) is 7.11 Å². The maximum Gasteiger partial charge on any atom is 0.231 e. The van der Waals surface area contributed by atoms with Crippen LogP contribution in [0.2, 0.25) is 0 Å². The Morgan fingerprint density at radius 3 is 2.64 bits per heavy atom. The van der Waals surface area contributed by atoms with Gasteiger partial charge in [-0.25, -0.2) is 9.97 Å². The molecule has 148 valence electrons. The number of aromatic nitrogens is 2. The van der Waals surface area contributed by atoms with Crippen LogP contribution < -0.4 is 15.0 Å².